The van der Waals surface area contributed by atoms with Gasteiger partial charge in [0, 0.05) is 13.2 Å². The van der Waals surface area contributed by atoms with E-state index in [4.69, 9.17) is 18.3 Å². The third-order valence-electron chi connectivity index (χ3n) is 1.97. The molecule has 5 heteroatoms. The van der Waals surface area contributed by atoms with Crippen molar-refractivity contribution < 1.29 is 18.3 Å². The summed E-state index contributed by atoms with van der Waals surface area (Å²) in [5.74, 6) is 0. The lowest BCUT2D eigenvalue weighted by Crippen LogP contribution is -2.44. The zero-order valence-electron chi connectivity index (χ0n) is 9.25. The minimum absolute atomic E-state index is 0.316. The van der Waals surface area contributed by atoms with Crippen LogP contribution in [0.15, 0.2) is 0 Å². The third-order valence-corrected chi connectivity index (χ3v) is 4.50. The number of epoxide rings is 1. The Morgan fingerprint density at radius 1 is 1.29 bits per heavy atom. The van der Waals surface area contributed by atoms with E-state index in [1.165, 1.54) is 0 Å². The summed E-state index contributed by atoms with van der Waals surface area (Å²) in [5, 5.41) is 0. The molecule has 1 heterocycles. The SMILES string of the molecule is CCO[Si](C)(COC[C@H]1CO1)OCC. The largest absolute Gasteiger partial charge is 0.393 e. The van der Waals surface area contributed by atoms with Crippen molar-refractivity contribution >= 4 is 8.56 Å². The summed E-state index contributed by atoms with van der Waals surface area (Å²) in [7, 11) is -2.07. The van der Waals surface area contributed by atoms with Crippen LogP contribution in [0.25, 0.3) is 0 Å². The summed E-state index contributed by atoms with van der Waals surface area (Å²) < 4.78 is 21.8. The van der Waals surface area contributed by atoms with Crippen molar-refractivity contribution in [2.24, 2.45) is 0 Å². The second kappa shape index (κ2) is 5.82. The van der Waals surface area contributed by atoms with Crippen LogP contribution in [0.3, 0.4) is 0 Å². The van der Waals surface area contributed by atoms with E-state index >= 15 is 0 Å². The molecule has 0 N–H and O–H groups in total. The lowest BCUT2D eigenvalue weighted by atomic mass is 10.5. The molecule has 0 aliphatic carbocycles. The van der Waals surface area contributed by atoms with Gasteiger partial charge in [0.05, 0.1) is 19.4 Å². The molecular weight excluding hydrogens is 200 g/mol. The standard InChI is InChI=1S/C9H20O4Si/c1-4-12-14(3,13-5-2)8-10-6-9-7-11-9/h9H,4-8H2,1-3H3/t9-/m0/s1. The van der Waals surface area contributed by atoms with Crippen molar-refractivity contribution in [1.82, 2.24) is 0 Å². The quantitative estimate of drug-likeness (QED) is 0.453. The summed E-state index contributed by atoms with van der Waals surface area (Å²) in [5.41, 5.74) is 0. The molecule has 0 amide bonds. The fourth-order valence-electron chi connectivity index (χ4n) is 1.28. The Hall–Kier alpha value is 0.0569. The number of rotatable bonds is 8. The highest BCUT2D eigenvalue weighted by Crippen LogP contribution is 2.12. The van der Waals surface area contributed by atoms with Crippen LogP contribution < -0.4 is 0 Å². The fraction of sp³-hybridized carbons (Fsp3) is 1.00. The third kappa shape index (κ3) is 4.52. The second-order valence-corrected chi connectivity index (χ2v) is 6.60. The van der Waals surface area contributed by atoms with E-state index < -0.39 is 8.56 Å². The Balaban J connectivity index is 2.17. The lowest BCUT2D eigenvalue weighted by Gasteiger charge is -2.25. The van der Waals surface area contributed by atoms with Gasteiger partial charge in [-0.05, 0) is 20.4 Å². The molecule has 0 aromatic heterocycles. The van der Waals surface area contributed by atoms with Gasteiger partial charge in [0.1, 0.15) is 6.10 Å². The number of ether oxygens (including phenoxy) is 2. The minimum Gasteiger partial charge on any atom is -0.393 e. The van der Waals surface area contributed by atoms with Gasteiger partial charge >= 0.3 is 8.56 Å². The smallest absolute Gasteiger partial charge is 0.361 e. The molecule has 0 radical (unpaired) electrons. The van der Waals surface area contributed by atoms with Crippen molar-refractivity contribution in [1.29, 1.82) is 0 Å². The van der Waals surface area contributed by atoms with Crippen LogP contribution in [0, 0.1) is 0 Å². The molecule has 84 valence electrons. The summed E-state index contributed by atoms with van der Waals surface area (Å²) in [6.45, 7) is 8.87. The van der Waals surface area contributed by atoms with Crippen LogP contribution in [0.2, 0.25) is 6.55 Å². The molecular formula is C9H20O4Si. The average molecular weight is 220 g/mol. The molecule has 1 fully saturated rings. The van der Waals surface area contributed by atoms with Gasteiger partial charge in [0.2, 0.25) is 0 Å². The van der Waals surface area contributed by atoms with Crippen LogP contribution in [0.1, 0.15) is 13.8 Å². The second-order valence-electron chi connectivity index (χ2n) is 3.47. The molecule has 1 atom stereocenters. The molecule has 0 saturated carbocycles. The predicted octanol–water partition coefficient (Wildman–Crippen LogP) is 1.09. The zero-order chi connectivity index (χ0) is 10.4. The van der Waals surface area contributed by atoms with Crippen molar-refractivity contribution in [3.05, 3.63) is 0 Å². The zero-order valence-corrected chi connectivity index (χ0v) is 10.2. The van der Waals surface area contributed by atoms with Gasteiger partial charge in [0.15, 0.2) is 0 Å². The van der Waals surface area contributed by atoms with Gasteiger partial charge in [-0.15, -0.1) is 0 Å². The van der Waals surface area contributed by atoms with Crippen molar-refractivity contribution in [2.75, 3.05) is 32.7 Å². The van der Waals surface area contributed by atoms with Gasteiger partial charge < -0.3 is 18.3 Å². The molecule has 1 aliphatic heterocycles. The molecule has 0 aromatic carbocycles. The van der Waals surface area contributed by atoms with E-state index in [9.17, 15) is 0 Å². The topological polar surface area (TPSA) is 40.2 Å². The normalized spacial score (nSPS) is 21.2. The summed E-state index contributed by atoms with van der Waals surface area (Å²) in [6.07, 6.45) is 0.908. The molecule has 1 saturated heterocycles. The maximum Gasteiger partial charge on any atom is 0.361 e. The van der Waals surface area contributed by atoms with Crippen LogP contribution in [0.4, 0.5) is 0 Å². The first-order valence-corrected chi connectivity index (χ1v) is 7.70. The maximum atomic E-state index is 5.62. The van der Waals surface area contributed by atoms with E-state index in [0.717, 1.165) is 6.61 Å². The molecule has 14 heavy (non-hydrogen) atoms. The van der Waals surface area contributed by atoms with Crippen molar-refractivity contribution in [2.45, 2.75) is 26.5 Å². The van der Waals surface area contributed by atoms with Gasteiger partial charge in [-0.3, -0.25) is 0 Å². The monoisotopic (exact) mass is 220 g/mol. The average Bonchev–Trinajstić information content (AvgIpc) is 2.89. The Labute approximate surface area is 86.7 Å². The first-order chi connectivity index (χ1) is 6.70. The molecule has 0 aromatic rings. The number of hydrogen-bond acceptors (Lipinski definition) is 4. The van der Waals surface area contributed by atoms with E-state index in [1.54, 1.807) is 0 Å². The van der Waals surface area contributed by atoms with Crippen LogP contribution in [0.5, 0.6) is 0 Å². The minimum atomic E-state index is -2.07. The van der Waals surface area contributed by atoms with Crippen LogP contribution in [-0.4, -0.2) is 47.3 Å². The van der Waals surface area contributed by atoms with Gasteiger partial charge in [-0.2, -0.15) is 0 Å². The Morgan fingerprint density at radius 2 is 1.86 bits per heavy atom. The van der Waals surface area contributed by atoms with Gasteiger partial charge in [-0.1, -0.05) is 0 Å². The molecule has 0 bridgehead atoms. The highest BCUT2D eigenvalue weighted by atomic mass is 28.4. The number of hydrogen-bond donors (Lipinski definition) is 0. The Morgan fingerprint density at radius 3 is 2.29 bits per heavy atom. The first-order valence-electron chi connectivity index (χ1n) is 5.17. The highest BCUT2D eigenvalue weighted by molar-refractivity contribution is 6.65. The van der Waals surface area contributed by atoms with Crippen molar-refractivity contribution in [3.8, 4) is 0 Å². The molecule has 1 rings (SSSR count). The lowest BCUT2D eigenvalue weighted by molar-refractivity contribution is 0.0991. The molecule has 4 nitrogen and oxygen atoms in total. The van der Waals surface area contributed by atoms with E-state index in [0.29, 0.717) is 32.2 Å². The van der Waals surface area contributed by atoms with Gasteiger partial charge in [-0.25, -0.2) is 0 Å². The molecule has 0 spiro atoms. The maximum absolute atomic E-state index is 5.62. The fourth-order valence-corrected chi connectivity index (χ4v) is 3.24. The highest BCUT2D eigenvalue weighted by Gasteiger charge is 2.32. The summed E-state index contributed by atoms with van der Waals surface area (Å²) in [6, 6.07) is 0. The molecule has 1 aliphatic rings. The summed E-state index contributed by atoms with van der Waals surface area (Å²) in [4.78, 5) is 0. The van der Waals surface area contributed by atoms with E-state index in [1.807, 2.05) is 20.4 Å². The Bertz CT molecular complexity index is 155. The Kier molecular flexibility index (Phi) is 5.04. The van der Waals surface area contributed by atoms with Crippen molar-refractivity contribution in [3.63, 3.8) is 0 Å². The van der Waals surface area contributed by atoms with E-state index in [2.05, 4.69) is 0 Å². The predicted molar refractivity (Wildman–Crippen MR) is 55.4 cm³/mol. The van der Waals surface area contributed by atoms with Crippen LogP contribution in [-0.2, 0) is 18.3 Å². The van der Waals surface area contributed by atoms with E-state index in [-0.39, 0.29) is 0 Å². The summed E-state index contributed by atoms with van der Waals surface area (Å²) >= 11 is 0. The first kappa shape index (κ1) is 12.1. The van der Waals surface area contributed by atoms with Gasteiger partial charge in [0.25, 0.3) is 0 Å². The molecule has 0 unspecified atom stereocenters. The van der Waals surface area contributed by atoms with Crippen LogP contribution >= 0.6 is 0 Å².